The predicted octanol–water partition coefficient (Wildman–Crippen LogP) is 2.47. The second-order valence-corrected chi connectivity index (χ2v) is 9.02. The molecule has 0 fully saturated rings. The molecule has 8 nitrogen and oxygen atoms in total. The highest BCUT2D eigenvalue weighted by Gasteiger charge is 2.45. The zero-order valence-electron chi connectivity index (χ0n) is 19.6. The number of hydrogen-bond donors (Lipinski definition) is 3. The van der Waals surface area contributed by atoms with Gasteiger partial charge in [-0.05, 0) is 59.2 Å². The van der Waals surface area contributed by atoms with Gasteiger partial charge in [-0.3, -0.25) is 9.59 Å². The molecule has 1 aromatic heterocycles. The van der Waals surface area contributed by atoms with Crippen LogP contribution < -0.4 is 16.4 Å². The van der Waals surface area contributed by atoms with Crippen molar-refractivity contribution in [3.05, 3.63) is 81.6 Å². The van der Waals surface area contributed by atoms with Gasteiger partial charge in [-0.2, -0.15) is 0 Å². The Morgan fingerprint density at radius 2 is 1.53 bits per heavy atom. The minimum absolute atomic E-state index is 0.106. The maximum atomic E-state index is 10.8. The smallest absolute Gasteiger partial charge is 0.231 e. The molecule has 178 valence electrons. The second kappa shape index (κ2) is 10.2. The molecule has 34 heavy (non-hydrogen) atoms. The van der Waals surface area contributed by atoms with E-state index in [1.165, 1.54) is 11.1 Å². The van der Waals surface area contributed by atoms with Crippen molar-refractivity contribution in [3.63, 3.8) is 0 Å². The molecule has 2 amide bonds. The van der Waals surface area contributed by atoms with Gasteiger partial charge in [-0.25, -0.2) is 0 Å². The standard InChI is InChI=1S/C26H31N5O3/c1-17(2)24-30-31-25(34-24)26(9-10-27)22-7-3-18(13-28-15-32)11-20(22)5-6-21-12-19(14-29-16-33)4-8-23(21)26/h3-4,7-8,11-12,15-17H,5-6,9-10,13-14,27H2,1-2H3,(H,28,32)(H,29,33). The molecule has 8 heteroatoms. The molecule has 4 rings (SSSR count). The van der Waals surface area contributed by atoms with E-state index in [0.717, 1.165) is 35.1 Å². The lowest BCUT2D eigenvalue weighted by Gasteiger charge is -2.33. The quantitative estimate of drug-likeness (QED) is 0.399. The Labute approximate surface area is 199 Å². The average molecular weight is 462 g/mol. The van der Waals surface area contributed by atoms with E-state index in [-0.39, 0.29) is 5.92 Å². The number of benzene rings is 2. The summed E-state index contributed by atoms with van der Waals surface area (Å²) in [5, 5.41) is 14.4. The van der Waals surface area contributed by atoms with Gasteiger partial charge in [0.2, 0.25) is 24.6 Å². The number of aryl methyl sites for hydroxylation is 2. The van der Waals surface area contributed by atoms with E-state index < -0.39 is 5.41 Å². The molecule has 0 bridgehead atoms. The Hall–Kier alpha value is -3.52. The van der Waals surface area contributed by atoms with Gasteiger partial charge >= 0.3 is 0 Å². The van der Waals surface area contributed by atoms with E-state index in [0.29, 0.717) is 50.7 Å². The van der Waals surface area contributed by atoms with E-state index in [1.807, 2.05) is 26.0 Å². The van der Waals surface area contributed by atoms with E-state index in [2.05, 4.69) is 45.1 Å². The van der Waals surface area contributed by atoms with Crippen molar-refractivity contribution in [2.24, 2.45) is 5.73 Å². The third-order valence-corrected chi connectivity index (χ3v) is 6.52. The number of nitrogens with zero attached hydrogens (tertiary/aromatic N) is 2. The lowest BCUT2D eigenvalue weighted by molar-refractivity contribution is -0.110. The average Bonchev–Trinajstić information content (AvgIpc) is 3.30. The summed E-state index contributed by atoms with van der Waals surface area (Å²) in [5.74, 6) is 1.25. The highest BCUT2D eigenvalue weighted by molar-refractivity contribution is 5.56. The van der Waals surface area contributed by atoms with Crippen LogP contribution in [0, 0.1) is 0 Å². The number of amides is 2. The number of nitrogens with two attached hydrogens (primary N) is 1. The predicted molar refractivity (Wildman–Crippen MR) is 128 cm³/mol. The topological polar surface area (TPSA) is 123 Å². The van der Waals surface area contributed by atoms with Crippen LogP contribution in [-0.2, 0) is 40.9 Å². The third kappa shape index (κ3) is 4.33. The van der Waals surface area contributed by atoms with Crippen LogP contribution in [0.5, 0.6) is 0 Å². The Bertz CT molecular complexity index is 1110. The first-order valence-electron chi connectivity index (χ1n) is 11.7. The maximum Gasteiger partial charge on any atom is 0.231 e. The lowest BCUT2D eigenvalue weighted by Crippen LogP contribution is -2.34. The van der Waals surface area contributed by atoms with Crippen LogP contribution in [0.2, 0.25) is 0 Å². The van der Waals surface area contributed by atoms with Crippen LogP contribution >= 0.6 is 0 Å². The SMILES string of the molecule is CC(C)c1nnc(C2(CCN)c3ccc(CNC=O)cc3CCc3cc(CNC=O)ccc32)o1. The maximum absolute atomic E-state index is 10.8. The molecule has 0 spiro atoms. The van der Waals surface area contributed by atoms with Crippen molar-refractivity contribution in [3.8, 4) is 0 Å². The molecular weight excluding hydrogens is 430 g/mol. The van der Waals surface area contributed by atoms with Crippen LogP contribution in [0.1, 0.15) is 71.3 Å². The Balaban J connectivity index is 1.95. The summed E-state index contributed by atoms with van der Waals surface area (Å²) in [4.78, 5) is 21.7. The summed E-state index contributed by atoms with van der Waals surface area (Å²) in [7, 11) is 0. The van der Waals surface area contributed by atoms with Crippen LogP contribution in [0.15, 0.2) is 40.8 Å². The van der Waals surface area contributed by atoms with Gasteiger partial charge in [0, 0.05) is 19.0 Å². The number of carbonyl (C=O) groups excluding carboxylic acids is 2. The monoisotopic (exact) mass is 461 g/mol. The Morgan fingerprint density at radius 1 is 0.971 bits per heavy atom. The molecule has 0 atom stereocenters. The molecular formula is C26H31N5O3. The summed E-state index contributed by atoms with van der Waals surface area (Å²) < 4.78 is 6.30. The van der Waals surface area contributed by atoms with Crippen molar-refractivity contribution in [1.29, 1.82) is 0 Å². The number of aromatic nitrogens is 2. The summed E-state index contributed by atoms with van der Waals surface area (Å²) in [6.45, 7) is 5.42. The summed E-state index contributed by atoms with van der Waals surface area (Å²) in [6, 6.07) is 12.6. The van der Waals surface area contributed by atoms with Crippen molar-refractivity contribution >= 4 is 12.8 Å². The van der Waals surface area contributed by atoms with Crippen molar-refractivity contribution in [1.82, 2.24) is 20.8 Å². The van der Waals surface area contributed by atoms with Crippen molar-refractivity contribution in [2.75, 3.05) is 6.54 Å². The van der Waals surface area contributed by atoms with Gasteiger partial charge in [0.1, 0.15) is 5.41 Å². The molecule has 0 saturated carbocycles. The minimum Gasteiger partial charge on any atom is -0.424 e. The normalized spacial score (nSPS) is 14.1. The van der Waals surface area contributed by atoms with Crippen molar-refractivity contribution in [2.45, 2.75) is 57.5 Å². The number of fused-ring (bicyclic) bond motifs is 2. The van der Waals surface area contributed by atoms with Gasteiger partial charge in [0.25, 0.3) is 0 Å². The molecule has 2 aromatic carbocycles. The van der Waals surface area contributed by atoms with E-state index >= 15 is 0 Å². The third-order valence-electron chi connectivity index (χ3n) is 6.52. The highest BCUT2D eigenvalue weighted by atomic mass is 16.4. The van der Waals surface area contributed by atoms with Gasteiger partial charge < -0.3 is 20.8 Å². The van der Waals surface area contributed by atoms with Crippen molar-refractivity contribution < 1.29 is 14.0 Å². The first-order valence-corrected chi connectivity index (χ1v) is 11.7. The summed E-state index contributed by atoms with van der Waals surface area (Å²) in [5.41, 5.74) is 12.1. The molecule has 0 unspecified atom stereocenters. The number of carbonyl (C=O) groups is 2. The highest BCUT2D eigenvalue weighted by Crippen LogP contribution is 2.47. The summed E-state index contributed by atoms with van der Waals surface area (Å²) in [6.07, 6.45) is 3.66. The van der Waals surface area contributed by atoms with Gasteiger partial charge in [-0.15, -0.1) is 10.2 Å². The number of nitrogens with one attached hydrogen (secondary N) is 2. The Morgan fingerprint density at radius 3 is 1.97 bits per heavy atom. The van der Waals surface area contributed by atoms with Gasteiger partial charge in [0.15, 0.2) is 0 Å². The van der Waals surface area contributed by atoms with Gasteiger partial charge in [-0.1, -0.05) is 50.2 Å². The molecule has 1 aliphatic carbocycles. The minimum atomic E-state index is -0.691. The molecule has 0 radical (unpaired) electrons. The van der Waals surface area contributed by atoms with E-state index in [9.17, 15) is 9.59 Å². The number of rotatable bonds is 10. The fourth-order valence-electron chi connectivity index (χ4n) is 4.96. The molecule has 0 saturated heterocycles. The fourth-order valence-corrected chi connectivity index (χ4v) is 4.96. The van der Waals surface area contributed by atoms with Gasteiger partial charge in [0.05, 0.1) is 0 Å². The first-order chi connectivity index (χ1) is 16.5. The lowest BCUT2D eigenvalue weighted by atomic mass is 9.69. The molecule has 1 aliphatic rings. The van der Waals surface area contributed by atoms with Crippen LogP contribution in [0.3, 0.4) is 0 Å². The Kier molecular flexibility index (Phi) is 7.07. The van der Waals surface area contributed by atoms with Crippen LogP contribution in [-0.4, -0.2) is 29.6 Å². The second-order valence-electron chi connectivity index (χ2n) is 9.02. The molecule has 0 aliphatic heterocycles. The number of hydrogen-bond acceptors (Lipinski definition) is 6. The zero-order chi connectivity index (χ0) is 24.1. The van der Waals surface area contributed by atoms with Crippen LogP contribution in [0.4, 0.5) is 0 Å². The van der Waals surface area contributed by atoms with Crippen LogP contribution in [0.25, 0.3) is 0 Å². The zero-order valence-corrected chi connectivity index (χ0v) is 19.6. The largest absolute Gasteiger partial charge is 0.424 e. The fraction of sp³-hybridized carbons (Fsp3) is 0.385. The summed E-state index contributed by atoms with van der Waals surface area (Å²) >= 11 is 0. The van der Waals surface area contributed by atoms with E-state index in [4.69, 9.17) is 10.2 Å². The molecule has 4 N–H and O–H groups in total. The molecule has 1 heterocycles. The first kappa shape index (κ1) is 23.6. The van der Waals surface area contributed by atoms with E-state index in [1.54, 1.807) is 0 Å². The molecule has 3 aromatic rings.